The van der Waals surface area contributed by atoms with Gasteiger partial charge in [-0.3, -0.25) is 4.79 Å². The van der Waals surface area contributed by atoms with Gasteiger partial charge in [-0.15, -0.1) is 0 Å². The Morgan fingerprint density at radius 1 is 1.12 bits per heavy atom. The number of carbonyl (C=O) groups is 1. The highest BCUT2D eigenvalue weighted by molar-refractivity contribution is 5.95. The minimum atomic E-state index is -0.343. The van der Waals surface area contributed by atoms with E-state index in [-0.39, 0.29) is 5.91 Å². The molecule has 1 N–H and O–H groups in total. The Kier molecular flexibility index (Phi) is 5.36. The zero-order valence-electron chi connectivity index (χ0n) is 14.0. The zero-order valence-corrected chi connectivity index (χ0v) is 14.0. The van der Waals surface area contributed by atoms with Crippen LogP contribution in [0, 0.1) is 0 Å². The van der Waals surface area contributed by atoms with Crippen molar-refractivity contribution in [2.45, 2.75) is 13.3 Å². The molecular formula is C20H19N3O2. The number of rotatable bonds is 6. The van der Waals surface area contributed by atoms with Crippen LogP contribution in [-0.2, 0) is 0 Å². The molecule has 25 heavy (non-hydrogen) atoms. The average Bonchev–Trinajstić information content (AvgIpc) is 2.67. The number of ether oxygens (including phenoxy) is 1. The van der Waals surface area contributed by atoms with Gasteiger partial charge in [0.2, 0.25) is 0 Å². The van der Waals surface area contributed by atoms with Gasteiger partial charge in [-0.1, -0.05) is 31.2 Å². The predicted molar refractivity (Wildman–Crippen MR) is 99.0 cm³/mol. The summed E-state index contributed by atoms with van der Waals surface area (Å²) in [4.78, 5) is 16.5. The van der Waals surface area contributed by atoms with Crippen molar-refractivity contribution in [3.63, 3.8) is 0 Å². The molecule has 5 heteroatoms. The Balaban J connectivity index is 1.61. The lowest BCUT2D eigenvalue weighted by atomic mass is 10.2. The number of amides is 1. The van der Waals surface area contributed by atoms with E-state index >= 15 is 0 Å². The number of nitrogens with one attached hydrogen (secondary N) is 1. The van der Waals surface area contributed by atoms with E-state index < -0.39 is 0 Å². The highest BCUT2D eigenvalue weighted by Crippen LogP contribution is 2.12. The number of para-hydroxylation sites is 1. The minimum absolute atomic E-state index is 0.333. The molecule has 5 nitrogen and oxygen atoms in total. The van der Waals surface area contributed by atoms with Gasteiger partial charge >= 0.3 is 0 Å². The van der Waals surface area contributed by atoms with Crippen molar-refractivity contribution in [2.75, 3.05) is 6.61 Å². The lowest BCUT2D eigenvalue weighted by Crippen LogP contribution is -2.18. The van der Waals surface area contributed by atoms with Crippen molar-refractivity contribution in [1.82, 2.24) is 10.4 Å². The van der Waals surface area contributed by atoms with Gasteiger partial charge in [0, 0.05) is 5.39 Å². The summed E-state index contributed by atoms with van der Waals surface area (Å²) in [6, 6.07) is 18.7. The van der Waals surface area contributed by atoms with E-state index in [0.717, 1.165) is 28.6 Å². The first-order valence-corrected chi connectivity index (χ1v) is 8.18. The first-order chi connectivity index (χ1) is 12.3. The SMILES string of the molecule is CCCOc1ccc(C=NNC(=O)c2ccc3ccccc3n2)cc1. The number of carbonyl (C=O) groups excluding carboxylic acids is 1. The van der Waals surface area contributed by atoms with Gasteiger partial charge in [-0.25, -0.2) is 10.4 Å². The molecule has 0 radical (unpaired) electrons. The van der Waals surface area contributed by atoms with Gasteiger partial charge in [0.05, 0.1) is 18.3 Å². The third-order valence-corrected chi connectivity index (χ3v) is 3.56. The number of hydrazone groups is 1. The van der Waals surface area contributed by atoms with Gasteiger partial charge < -0.3 is 4.74 Å². The zero-order chi connectivity index (χ0) is 17.5. The summed E-state index contributed by atoms with van der Waals surface area (Å²) < 4.78 is 5.52. The van der Waals surface area contributed by atoms with Crippen molar-refractivity contribution in [2.24, 2.45) is 5.10 Å². The van der Waals surface area contributed by atoms with Crippen LogP contribution >= 0.6 is 0 Å². The maximum atomic E-state index is 12.1. The Bertz CT molecular complexity index is 889. The fourth-order valence-corrected chi connectivity index (χ4v) is 2.29. The van der Waals surface area contributed by atoms with Gasteiger partial charge in [0.1, 0.15) is 11.4 Å². The average molecular weight is 333 g/mol. The molecular weight excluding hydrogens is 314 g/mol. The lowest BCUT2D eigenvalue weighted by Gasteiger charge is -2.04. The number of fused-ring (bicyclic) bond motifs is 1. The Morgan fingerprint density at radius 2 is 1.92 bits per heavy atom. The van der Waals surface area contributed by atoms with Crippen LogP contribution in [0.15, 0.2) is 65.8 Å². The van der Waals surface area contributed by atoms with Crippen molar-refractivity contribution in [1.29, 1.82) is 0 Å². The van der Waals surface area contributed by atoms with E-state index in [4.69, 9.17) is 4.74 Å². The molecule has 0 unspecified atom stereocenters. The third kappa shape index (κ3) is 4.41. The second kappa shape index (κ2) is 8.06. The summed E-state index contributed by atoms with van der Waals surface area (Å²) in [6.45, 7) is 2.76. The summed E-state index contributed by atoms with van der Waals surface area (Å²) in [5.74, 6) is 0.480. The van der Waals surface area contributed by atoms with E-state index in [2.05, 4.69) is 22.4 Å². The van der Waals surface area contributed by atoms with Crippen molar-refractivity contribution in [3.05, 3.63) is 71.9 Å². The molecule has 2 aromatic carbocycles. The molecule has 3 rings (SSSR count). The molecule has 0 fully saturated rings. The van der Waals surface area contributed by atoms with E-state index in [1.165, 1.54) is 0 Å². The smallest absolute Gasteiger partial charge is 0.289 e. The maximum Gasteiger partial charge on any atom is 0.289 e. The number of pyridine rings is 1. The van der Waals surface area contributed by atoms with E-state index in [1.54, 1.807) is 12.3 Å². The van der Waals surface area contributed by atoms with Gasteiger partial charge in [0.25, 0.3) is 5.91 Å². The summed E-state index contributed by atoms with van der Waals surface area (Å²) in [5.41, 5.74) is 4.48. The third-order valence-electron chi connectivity index (χ3n) is 3.56. The molecule has 126 valence electrons. The first-order valence-electron chi connectivity index (χ1n) is 8.18. The lowest BCUT2D eigenvalue weighted by molar-refractivity contribution is 0.0950. The second-order valence-corrected chi connectivity index (χ2v) is 5.51. The standard InChI is InChI=1S/C20H19N3O2/c1-2-13-25-17-10-7-15(8-11-17)14-21-23-20(24)19-12-9-16-5-3-4-6-18(16)22-19/h3-12,14H,2,13H2,1H3,(H,23,24). The fraction of sp³-hybridized carbons (Fsp3) is 0.150. The number of aromatic nitrogens is 1. The summed E-state index contributed by atoms with van der Waals surface area (Å²) in [6.07, 6.45) is 2.56. The Hall–Kier alpha value is -3.21. The molecule has 1 amide bonds. The molecule has 1 heterocycles. The molecule has 0 atom stereocenters. The highest BCUT2D eigenvalue weighted by atomic mass is 16.5. The summed E-state index contributed by atoms with van der Waals surface area (Å²) in [7, 11) is 0. The number of hydrogen-bond acceptors (Lipinski definition) is 4. The van der Waals surface area contributed by atoms with Crippen LogP contribution in [0.2, 0.25) is 0 Å². The molecule has 0 saturated heterocycles. The van der Waals surface area contributed by atoms with Gasteiger partial charge in [0.15, 0.2) is 0 Å². The van der Waals surface area contributed by atoms with Crippen LogP contribution in [0.3, 0.4) is 0 Å². The molecule has 0 aliphatic heterocycles. The van der Waals surface area contributed by atoms with Crippen LogP contribution in [0.5, 0.6) is 5.75 Å². The number of benzene rings is 2. The summed E-state index contributed by atoms with van der Waals surface area (Å²) in [5, 5.41) is 4.98. The Morgan fingerprint density at radius 3 is 2.72 bits per heavy atom. The van der Waals surface area contributed by atoms with Crippen molar-refractivity contribution >= 4 is 23.0 Å². The fourth-order valence-electron chi connectivity index (χ4n) is 2.29. The van der Waals surface area contributed by atoms with Crippen LogP contribution in [0.1, 0.15) is 29.4 Å². The number of hydrogen-bond donors (Lipinski definition) is 1. The highest BCUT2D eigenvalue weighted by Gasteiger charge is 2.06. The molecule has 0 spiro atoms. The van der Waals surface area contributed by atoms with E-state index in [0.29, 0.717) is 12.3 Å². The molecule has 0 saturated carbocycles. The van der Waals surface area contributed by atoms with E-state index in [1.807, 2.05) is 54.6 Å². The van der Waals surface area contributed by atoms with E-state index in [9.17, 15) is 4.79 Å². The van der Waals surface area contributed by atoms with Crippen molar-refractivity contribution < 1.29 is 9.53 Å². The van der Waals surface area contributed by atoms with Crippen LogP contribution in [0.25, 0.3) is 10.9 Å². The molecule has 0 bridgehead atoms. The largest absolute Gasteiger partial charge is 0.494 e. The minimum Gasteiger partial charge on any atom is -0.494 e. The topological polar surface area (TPSA) is 63.6 Å². The predicted octanol–water partition coefficient (Wildman–Crippen LogP) is 3.79. The quantitative estimate of drug-likeness (QED) is 0.551. The van der Waals surface area contributed by atoms with Crippen molar-refractivity contribution in [3.8, 4) is 5.75 Å². The Labute approximate surface area is 146 Å². The van der Waals surface area contributed by atoms with Gasteiger partial charge in [-0.2, -0.15) is 5.10 Å². The maximum absolute atomic E-state index is 12.1. The molecule has 0 aliphatic rings. The normalized spacial score (nSPS) is 10.9. The summed E-state index contributed by atoms with van der Waals surface area (Å²) >= 11 is 0. The van der Waals surface area contributed by atoms with Crippen LogP contribution in [-0.4, -0.2) is 23.7 Å². The first kappa shape index (κ1) is 16.6. The second-order valence-electron chi connectivity index (χ2n) is 5.51. The number of nitrogens with zero attached hydrogens (tertiary/aromatic N) is 2. The molecule has 3 aromatic rings. The van der Waals surface area contributed by atoms with Crippen LogP contribution in [0.4, 0.5) is 0 Å². The molecule has 0 aliphatic carbocycles. The monoisotopic (exact) mass is 333 g/mol. The van der Waals surface area contributed by atoms with Crippen LogP contribution < -0.4 is 10.2 Å². The molecule has 1 aromatic heterocycles. The van der Waals surface area contributed by atoms with Gasteiger partial charge in [-0.05, 0) is 48.4 Å².